The van der Waals surface area contributed by atoms with Gasteiger partial charge in [-0.25, -0.2) is 0 Å². The van der Waals surface area contributed by atoms with E-state index in [4.69, 9.17) is 4.42 Å². The predicted octanol–water partition coefficient (Wildman–Crippen LogP) is 2.14. The molecule has 0 aromatic carbocycles. The van der Waals surface area contributed by atoms with Gasteiger partial charge in [-0.15, -0.1) is 15.3 Å². The summed E-state index contributed by atoms with van der Waals surface area (Å²) in [5.41, 5.74) is 0.733. The average molecular weight is 405 g/mol. The Morgan fingerprint density at radius 3 is 2.80 bits per heavy atom. The van der Waals surface area contributed by atoms with Gasteiger partial charge in [-0.3, -0.25) is 4.79 Å². The molecule has 8 nitrogen and oxygen atoms in total. The van der Waals surface area contributed by atoms with Gasteiger partial charge in [-0.1, -0.05) is 0 Å². The number of rotatable bonds is 2. The zero-order chi connectivity index (χ0) is 17.4. The lowest BCUT2D eigenvalue weighted by Crippen LogP contribution is -2.35. The molecule has 0 unspecified atom stereocenters. The number of hydrogen-bond acceptors (Lipinski definition) is 6. The molecule has 1 amide bonds. The van der Waals surface area contributed by atoms with Crippen molar-refractivity contribution in [1.82, 2.24) is 24.7 Å². The minimum atomic E-state index is -0.0781. The molecule has 4 rings (SSSR count). The number of amides is 1. The van der Waals surface area contributed by atoms with Crippen LogP contribution in [0.4, 0.5) is 5.82 Å². The molecule has 1 aliphatic heterocycles. The first-order chi connectivity index (χ1) is 12.1. The Morgan fingerprint density at radius 1 is 1.12 bits per heavy atom. The van der Waals surface area contributed by atoms with Gasteiger partial charge in [0.2, 0.25) is 0 Å². The normalized spacial score (nSPS) is 15.6. The Balaban J connectivity index is 1.50. The van der Waals surface area contributed by atoms with Gasteiger partial charge in [-0.2, -0.15) is 4.52 Å². The molecule has 3 aromatic heterocycles. The summed E-state index contributed by atoms with van der Waals surface area (Å²) in [6.07, 6.45) is 0.870. The molecule has 0 aliphatic carbocycles. The molecular formula is C16H17BrN6O2. The lowest BCUT2D eigenvalue weighted by Gasteiger charge is -2.22. The van der Waals surface area contributed by atoms with Gasteiger partial charge in [-0.05, 0) is 53.5 Å². The van der Waals surface area contributed by atoms with Crippen LogP contribution >= 0.6 is 15.9 Å². The van der Waals surface area contributed by atoms with Crippen molar-refractivity contribution in [2.24, 2.45) is 0 Å². The lowest BCUT2D eigenvalue weighted by molar-refractivity contribution is 0.0733. The van der Waals surface area contributed by atoms with Crippen LogP contribution in [-0.4, -0.2) is 56.8 Å². The number of aryl methyl sites for hydroxylation is 1. The molecule has 130 valence electrons. The van der Waals surface area contributed by atoms with E-state index in [1.165, 1.54) is 0 Å². The lowest BCUT2D eigenvalue weighted by atomic mass is 10.3. The Labute approximate surface area is 152 Å². The molecular weight excluding hydrogens is 388 g/mol. The highest BCUT2D eigenvalue weighted by molar-refractivity contribution is 9.10. The zero-order valence-electron chi connectivity index (χ0n) is 13.7. The SMILES string of the molecule is Cc1nnc2ccc(N3CCCN(C(=O)c4ccc(Br)o4)CC3)nn12. The first kappa shape index (κ1) is 16.1. The molecule has 1 fully saturated rings. The second-order valence-electron chi connectivity index (χ2n) is 5.95. The van der Waals surface area contributed by atoms with E-state index in [0.717, 1.165) is 30.3 Å². The minimum absolute atomic E-state index is 0.0781. The van der Waals surface area contributed by atoms with Crippen LogP contribution in [0, 0.1) is 6.92 Å². The molecule has 1 saturated heterocycles. The quantitative estimate of drug-likeness (QED) is 0.650. The van der Waals surface area contributed by atoms with E-state index in [1.807, 2.05) is 24.0 Å². The highest BCUT2D eigenvalue weighted by Gasteiger charge is 2.23. The van der Waals surface area contributed by atoms with Crippen LogP contribution in [0.3, 0.4) is 0 Å². The van der Waals surface area contributed by atoms with Crippen molar-refractivity contribution in [3.05, 3.63) is 40.5 Å². The van der Waals surface area contributed by atoms with E-state index < -0.39 is 0 Å². The minimum Gasteiger partial charge on any atom is -0.444 e. The fourth-order valence-electron chi connectivity index (χ4n) is 2.99. The Bertz CT molecular complexity index is 920. The van der Waals surface area contributed by atoms with E-state index in [0.29, 0.717) is 30.1 Å². The Hall–Kier alpha value is -2.42. The van der Waals surface area contributed by atoms with Gasteiger partial charge in [0.15, 0.2) is 21.9 Å². The van der Waals surface area contributed by atoms with Crippen molar-refractivity contribution in [3.63, 3.8) is 0 Å². The monoisotopic (exact) mass is 404 g/mol. The Kier molecular flexibility index (Phi) is 4.16. The van der Waals surface area contributed by atoms with E-state index >= 15 is 0 Å². The number of carbonyl (C=O) groups is 1. The van der Waals surface area contributed by atoms with Crippen molar-refractivity contribution in [3.8, 4) is 0 Å². The molecule has 1 aliphatic rings. The number of nitrogens with zero attached hydrogens (tertiary/aromatic N) is 6. The largest absolute Gasteiger partial charge is 0.444 e. The number of hydrogen-bond donors (Lipinski definition) is 0. The van der Waals surface area contributed by atoms with Crippen LogP contribution < -0.4 is 4.90 Å². The molecule has 4 heterocycles. The summed E-state index contributed by atoms with van der Waals surface area (Å²) in [5.74, 6) is 1.91. The standard InChI is InChI=1S/C16H17BrN6O2/c1-11-18-19-14-5-6-15(20-23(11)14)21-7-2-8-22(10-9-21)16(24)12-3-4-13(17)25-12/h3-6H,2,7-10H2,1H3. The van der Waals surface area contributed by atoms with Crippen LogP contribution in [0.5, 0.6) is 0 Å². The van der Waals surface area contributed by atoms with E-state index in [-0.39, 0.29) is 5.91 Å². The fourth-order valence-corrected chi connectivity index (χ4v) is 3.30. The predicted molar refractivity (Wildman–Crippen MR) is 94.7 cm³/mol. The summed E-state index contributed by atoms with van der Waals surface area (Å²) in [5, 5.41) is 12.7. The molecule has 0 saturated carbocycles. The Morgan fingerprint density at radius 2 is 2.00 bits per heavy atom. The molecule has 0 spiro atoms. The summed E-state index contributed by atoms with van der Waals surface area (Å²) in [7, 11) is 0. The first-order valence-corrected chi connectivity index (χ1v) is 8.90. The van der Waals surface area contributed by atoms with Gasteiger partial charge in [0, 0.05) is 26.2 Å². The molecule has 3 aromatic rings. The molecule has 0 bridgehead atoms. The average Bonchev–Trinajstić information content (AvgIpc) is 3.12. The topological polar surface area (TPSA) is 79.8 Å². The van der Waals surface area contributed by atoms with Crippen molar-refractivity contribution in [2.45, 2.75) is 13.3 Å². The molecule has 25 heavy (non-hydrogen) atoms. The number of anilines is 1. The van der Waals surface area contributed by atoms with Gasteiger partial charge in [0.05, 0.1) is 0 Å². The summed E-state index contributed by atoms with van der Waals surface area (Å²) in [6.45, 7) is 4.75. The van der Waals surface area contributed by atoms with Gasteiger partial charge < -0.3 is 14.2 Å². The number of furan rings is 1. The summed E-state index contributed by atoms with van der Waals surface area (Å²) in [6, 6.07) is 7.29. The van der Waals surface area contributed by atoms with Crippen LogP contribution in [0.15, 0.2) is 33.4 Å². The summed E-state index contributed by atoms with van der Waals surface area (Å²) < 4.78 is 7.69. The third-order valence-electron chi connectivity index (χ3n) is 4.30. The van der Waals surface area contributed by atoms with Gasteiger partial charge in [0.1, 0.15) is 5.82 Å². The molecule has 0 radical (unpaired) electrons. The number of aromatic nitrogens is 4. The molecule has 0 N–H and O–H groups in total. The molecule has 0 atom stereocenters. The van der Waals surface area contributed by atoms with Crippen molar-refractivity contribution < 1.29 is 9.21 Å². The smallest absolute Gasteiger partial charge is 0.289 e. The van der Waals surface area contributed by atoms with Gasteiger partial charge in [0.25, 0.3) is 5.91 Å². The maximum Gasteiger partial charge on any atom is 0.289 e. The number of fused-ring (bicyclic) bond motifs is 1. The van der Waals surface area contributed by atoms with E-state index in [2.05, 4.69) is 36.1 Å². The highest BCUT2D eigenvalue weighted by Crippen LogP contribution is 2.19. The fraction of sp³-hybridized carbons (Fsp3) is 0.375. The van der Waals surface area contributed by atoms with E-state index in [1.54, 1.807) is 16.6 Å². The molecule has 9 heteroatoms. The van der Waals surface area contributed by atoms with Crippen molar-refractivity contribution >= 4 is 33.3 Å². The second kappa shape index (κ2) is 6.47. The maximum atomic E-state index is 12.6. The summed E-state index contributed by atoms with van der Waals surface area (Å²) in [4.78, 5) is 16.6. The summed E-state index contributed by atoms with van der Waals surface area (Å²) >= 11 is 3.24. The van der Waals surface area contributed by atoms with E-state index in [9.17, 15) is 4.79 Å². The van der Waals surface area contributed by atoms with Crippen LogP contribution in [0.1, 0.15) is 22.8 Å². The van der Waals surface area contributed by atoms with Crippen LogP contribution in [0.2, 0.25) is 0 Å². The third-order valence-corrected chi connectivity index (χ3v) is 4.72. The van der Waals surface area contributed by atoms with Crippen LogP contribution in [0.25, 0.3) is 5.65 Å². The highest BCUT2D eigenvalue weighted by atomic mass is 79.9. The van der Waals surface area contributed by atoms with Crippen molar-refractivity contribution in [1.29, 1.82) is 0 Å². The third kappa shape index (κ3) is 3.11. The van der Waals surface area contributed by atoms with Gasteiger partial charge >= 0.3 is 0 Å². The maximum absolute atomic E-state index is 12.6. The number of carbonyl (C=O) groups excluding carboxylic acids is 1. The van der Waals surface area contributed by atoms with Crippen molar-refractivity contribution in [2.75, 3.05) is 31.1 Å². The van der Waals surface area contributed by atoms with Crippen LogP contribution in [-0.2, 0) is 0 Å². The number of halogens is 1. The zero-order valence-corrected chi connectivity index (χ0v) is 15.3. The second-order valence-corrected chi connectivity index (χ2v) is 6.73. The first-order valence-electron chi connectivity index (χ1n) is 8.10.